The van der Waals surface area contributed by atoms with E-state index >= 15 is 0 Å². The van der Waals surface area contributed by atoms with Crippen LogP contribution in [0, 0.1) is 21.7 Å². The van der Waals surface area contributed by atoms with Crippen LogP contribution in [0.1, 0.15) is 11.1 Å². The largest absolute Gasteiger partial charge is 0.350 e. The fourth-order valence-electron chi connectivity index (χ4n) is 3.30. The molecule has 1 aliphatic heterocycles. The Balaban J connectivity index is 1.73. The van der Waals surface area contributed by atoms with E-state index in [4.69, 9.17) is 0 Å². The molecule has 0 bridgehead atoms. The van der Waals surface area contributed by atoms with Gasteiger partial charge >= 0.3 is 0 Å². The van der Waals surface area contributed by atoms with E-state index in [2.05, 4.69) is 5.32 Å². The second-order valence-electron chi connectivity index (χ2n) is 7.01. The standard InChI is InChI=1S/C23H15F2N3O4/c24-16-5-1-14(2-6-16)13-27-22(29)20(15-3-11-19(12-4-15)28(31)32)21(23(27)30)26-18-9-7-17(25)8-10-18/h1-12,26H,13H2. The lowest BCUT2D eigenvalue weighted by molar-refractivity contribution is -0.384. The van der Waals surface area contributed by atoms with Crippen LogP contribution in [0.2, 0.25) is 0 Å². The number of carbonyl (C=O) groups is 2. The molecule has 0 radical (unpaired) electrons. The van der Waals surface area contributed by atoms with Gasteiger partial charge in [-0.05, 0) is 59.7 Å². The molecule has 4 rings (SSSR count). The molecule has 2 amide bonds. The van der Waals surface area contributed by atoms with Crippen LogP contribution in [0.15, 0.2) is 78.5 Å². The first kappa shape index (κ1) is 20.9. The van der Waals surface area contributed by atoms with E-state index in [0.29, 0.717) is 16.8 Å². The Morgan fingerprint density at radius 2 is 1.38 bits per heavy atom. The fourth-order valence-corrected chi connectivity index (χ4v) is 3.30. The molecular weight excluding hydrogens is 420 g/mol. The van der Waals surface area contributed by atoms with E-state index in [1.165, 1.54) is 72.8 Å². The van der Waals surface area contributed by atoms with Crippen molar-refractivity contribution in [3.05, 3.63) is 111 Å². The van der Waals surface area contributed by atoms with Crippen molar-refractivity contribution in [2.24, 2.45) is 0 Å². The lowest BCUT2D eigenvalue weighted by Crippen LogP contribution is -2.32. The summed E-state index contributed by atoms with van der Waals surface area (Å²) in [6.45, 7) is -0.0942. The minimum absolute atomic E-state index is 0.0244. The van der Waals surface area contributed by atoms with Crippen molar-refractivity contribution < 1.29 is 23.3 Å². The van der Waals surface area contributed by atoms with Gasteiger partial charge in [-0.15, -0.1) is 0 Å². The van der Waals surface area contributed by atoms with Crippen LogP contribution >= 0.6 is 0 Å². The highest BCUT2D eigenvalue weighted by Crippen LogP contribution is 2.32. The summed E-state index contributed by atoms with van der Waals surface area (Å²) in [4.78, 5) is 37.7. The summed E-state index contributed by atoms with van der Waals surface area (Å²) in [7, 11) is 0. The van der Waals surface area contributed by atoms with E-state index in [1.54, 1.807) is 0 Å². The Morgan fingerprint density at radius 3 is 1.94 bits per heavy atom. The topological polar surface area (TPSA) is 92.5 Å². The molecule has 0 unspecified atom stereocenters. The van der Waals surface area contributed by atoms with Crippen molar-refractivity contribution >= 4 is 28.8 Å². The predicted molar refractivity (Wildman–Crippen MR) is 112 cm³/mol. The molecule has 0 aliphatic carbocycles. The van der Waals surface area contributed by atoms with Gasteiger partial charge in [-0.25, -0.2) is 8.78 Å². The van der Waals surface area contributed by atoms with Crippen molar-refractivity contribution in [3.8, 4) is 0 Å². The molecule has 9 heteroatoms. The minimum Gasteiger partial charge on any atom is -0.350 e. The van der Waals surface area contributed by atoms with E-state index in [-0.39, 0.29) is 23.5 Å². The highest BCUT2D eigenvalue weighted by Gasteiger charge is 2.39. The third-order valence-electron chi connectivity index (χ3n) is 4.90. The number of carbonyl (C=O) groups excluding carboxylic acids is 2. The fraction of sp³-hybridized carbons (Fsp3) is 0.0435. The zero-order valence-corrected chi connectivity index (χ0v) is 16.4. The number of nitro groups is 1. The average molecular weight is 435 g/mol. The van der Waals surface area contributed by atoms with Crippen LogP contribution in [0.4, 0.5) is 20.2 Å². The summed E-state index contributed by atoms with van der Waals surface area (Å²) in [5.74, 6) is -2.15. The van der Waals surface area contributed by atoms with Crippen molar-refractivity contribution in [2.75, 3.05) is 5.32 Å². The van der Waals surface area contributed by atoms with Crippen molar-refractivity contribution in [2.45, 2.75) is 6.54 Å². The van der Waals surface area contributed by atoms with Gasteiger partial charge in [0.15, 0.2) is 0 Å². The molecule has 1 aliphatic rings. The van der Waals surface area contributed by atoms with Crippen molar-refractivity contribution in [3.63, 3.8) is 0 Å². The van der Waals surface area contributed by atoms with Crippen LogP contribution < -0.4 is 5.32 Å². The van der Waals surface area contributed by atoms with Gasteiger partial charge in [0, 0.05) is 17.8 Å². The first-order valence-corrected chi connectivity index (χ1v) is 9.46. The second kappa shape index (κ2) is 8.38. The van der Waals surface area contributed by atoms with E-state index in [0.717, 1.165) is 4.90 Å². The Bertz CT molecular complexity index is 1240. The molecule has 1 heterocycles. The molecule has 0 spiro atoms. The van der Waals surface area contributed by atoms with Gasteiger partial charge in [0.05, 0.1) is 17.0 Å². The smallest absolute Gasteiger partial charge is 0.278 e. The SMILES string of the molecule is O=C1C(Nc2ccc(F)cc2)=C(c2ccc([N+](=O)[O-])cc2)C(=O)N1Cc1ccc(F)cc1. The minimum atomic E-state index is -0.628. The van der Waals surface area contributed by atoms with E-state index in [9.17, 15) is 28.5 Å². The number of halogens is 2. The first-order valence-electron chi connectivity index (χ1n) is 9.46. The van der Waals surface area contributed by atoms with Gasteiger partial charge in [-0.3, -0.25) is 24.6 Å². The normalized spacial score (nSPS) is 13.6. The number of nitrogens with one attached hydrogen (secondary N) is 1. The number of nitro benzene ring substituents is 1. The maximum absolute atomic E-state index is 13.3. The first-order chi connectivity index (χ1) is 15.3. The number of imide groups is 1. The summed E-state index contributed by atoms with van der Waals surface area (Å²) in [5, 5.41) is 13.8. The summed E-state index contributed by atoms with van der Waals surface area (Å²) in [6.07, 6.45) is 0. The Morgan fingerprint density at radius 1 is 0.812 bits per heavy atom. The van der Waals surface area contributed by atoms with Gasteiger partial charge in [-0.1, -0.05) is 12.1 Å². The number of non-ortho nitro benzene ring substituents is 1. The van der Waals surface area contributed by atoms with Crippen molar-refractivity contribution in [1.29, 1.82) is 0 Å². The molecule has 0 fully saturated rings. The molecule has 0 aromatic heterocycles. The maximum Gasteiger partial charge on any atom is 0.278 e. The summed E-state index contributed by atoms with van der Waals surface area (Å²) < 4.78 is 26.5. The molecular formula is C23H15F2N3O4. The Labute approximate surface area is 180 Å². The molecule has 160 valence electrons. The van der Waals surface area contributed by atoms with Crippen LogP contribution in [-0.2, 0) is 16.1 Å². The van der Waals surface area contributed by atoms with E-state index in [1.807, 2.05) is 0 Å². The lowest BCUT2D eigenvalue weighted by Gasteiger charge is -2.15. The molecule has 0 saturated heterocycles. The molecule has 3 aromatic carbocycles. The highest BCUT2D eigenvalue weighted by atomic mass is 19.1. The number of benzene rings is 3. The quantitative estimate of drug-likeness (QED) is 0.355. The average Bonchev–Trinajstić information content (AvgIpc) is 3.01. The number of amides is 2. The highest BCUT2D eigenvalue weighted by molar-refractivity contribution is 6.36. The van der Waals surface area contributed by atoms with Crippen LogP contribution in [0.5, 0.6) is 0 Å². The predicted octanol–water partition coefficient (Wildman–Crippen LogP) is 4.27. The number of nitrogens with zero attached hydrogens (tertiary/aromatic N) is 2. The number of hydrogen-bond acceptors (Lipinski definition) is 5. The second-order valence-corrected chi connectivity index (χ2v) is 7.01. The molecule has 7 nitrogen and oxygen atoms in total. The monoisotopic (exact) mass is 435 g/mol. The summed E-state index contributed by atoms with van der Waals surface area (Å²) in [6, 6.07) is 15.8. The van der Waals surface area contributed by atoms with Gasteiger partial charge in [0.25, 0.3) is 17.5 Å². The van der Waals surface area contributed by atoms with Crippen LogP contribution in [0.3, 0.4) is 0 Å². The van der Waals surface area contributed by atoms with E-state index < -0.39 is 28.4 Å². The molecule has 3 aromatic rings. The number of hydrogen-bond donors (Lipinski definition) is 1. The zero-order chi connectivity index (χ0) is 22.8. The number of anilines is 1. The van der Waals surface area contributed by atoms with Gasteiger partial charge < -0.3 is 5.32 Å². The van der Waals surface area contributed by atoms with Gasteiger partial charge in [0.1, 0.15) is 17.3 Å². The Kier molecular flexibility index (Phi) is 5.46. The Hall–Kier alpha value is -4.40. The molecule has 0 saturated carbocycles. The molecule has 32 heavy (non-hydrogen) atoms. The van der Waals surface area contributed by atoms with Crippen molar-refractivity contribution in [1.82, 2.24) is 4.90 Å². The third-order valence-corrected chi connectivity index (χ3v) is 4.90. The summed E-state index contributed by atoms with van der Waals surface area (Å²) in [5.41, 5.74) is 1.04. The summed E-state index contributed by atoms with van der Waals surface area (Å²) >= 11 is 0. The lowest BCUT2D eigenvalue weighted by atomic mass is 10.0. The third kappa shape index (κ3) is 4.08. The van der Waals surface area contributed by atoms with Gasteiger partial charge in [0.2, 0.25) is 0 Å². The molecule has 0 atom stereocenters. The molecule has 1 N–H and O–H groups in total. The number of rotatable bonds is 6. The van der Waals surface area contributed by atoms with Crippen LogP contribution in [-0.4, -0.2) is 21.6 Å². The maximum atomic E-state index is 13.3. The van der Waals surface area contributed by atoms with Gasteiger partial charge in [-0.2, -0.15) is 0 Å². The van der Waals surface area contributed by atoms with Crippen LogP contribution in [0.25, 0.3) is 5.57 Å². The zero-order valence-electron chi connectivity index (χ0n) is 16.4.